The van der Waals surface area contributed by atoms with Crippen LogP contribution in [0.2, 0.25) is 10.0 Å². The Kier molecular flexibility index (Phi) is 5.04. The summed E-state index contributed by atoms with van der Waals surface area (Å²) in [4.78, 5) is 4.66. The Balaban J connectivity index is 2.07. The first-order chi connectivity index (χ1) is 9.08. The summed E-state index contributed by atoms with van der Waals surface area (Å²) in [5, 5.41) is 5.50. The van der Waals surface area contributed by atoms with Gasteiger partial charge in [0.15, 0.2) is 5.17 Å². The van der Waals surface area contributed by atoms with Crippen molar-refractivity contribution in [3.63, 3.8) is 0 Å². The zero-order valence-corrected chi connectivity index (χ0v) is 13.5. The van der Waals surface area contributed by atoms with Crippen molar-refractivity contribution in [3.05, 3.63) is 28.2 Å². The number of halogens is 2. The summed E-state index contributed by atoms with van der Waals surface area (Å²) >= 11 is 13.8. The zero-order chi connectivity index (χ0) is 13.9. The van der Waals surface area contributed by atoms with Gasteiger partial charge < -0.3 is 5.32 Å². The van der Waals surface area contributed by atoms with Crippen molar-refractivity contribution in [1.29, 1.82) is 0 Å². The average molecular weight is 317 g/mol. The van der Waals surface area contributed by atoms with Crippen molar-refractivity contribution in [3.8, 4) is 0 Å². The second kappa shape index (κ2) is 6.38. The van der Waals surface area contributed by atoms with Crippen LogP contribution >= 0.6 is 35.0 Å². The van der Waals surface area contributed by atoms with Gasteiger partial charge in [-0.15, -0.1) is 0 Å². The molecule has 104 valence electrons. The summed E-state index contributed by atoms with van der Waals surface area (Å²) < 4.78 is 0. The van der Waals surface area contributed by atoms with E-state index in [1.165, 1.54) is 12.8 Å². The maximum Gasteiger partial charge on any atom is 0.161 e. The highest BCUT2D eigenvalue weighted by Gasteiger charge is 2.30. The van der Waals surface area contributed by atoms with Gasteiger partial charge in [-0.2, -0.15) is 0 Å². The normalized spacial score (nSPS) is 18.0. The average Bonchev–Trinajstić information content (AvgIpc) is 2.43. The molecule has 0 unspecified atom stereocenters. The summed E-state index contributed by atoms with van der Waals surface area (Å²) in [6, 6.07) is 5.45. The van der Waals surface area contributed by atoms with Crippen molar-refractivity contribution in [2.24, 2.45) is 10.4 Å². The molecule has 19 heavy (non-hydrogen) atoms. The Morgan fingerprint density at radius 2 is 2.05 bits per heavy atom. The van der Waals surface area contributed by atoms with Crippen LogP contribution in [0.1, 0.15) is 26.7 Å². The summed E-state index contributed by atoms with van der Waals surface area (Å²) in [5.74, 6) is 1.11. The zero-order valence-electron chi connectivity index (χ0n) is 11.2. The number of nitrogens with one attached hydrogen (secondary N) is 1. The molecule has 0 fully saturated rings. The lowest BCUT2D eigenvalue weighted by molar-refractivity contribution is 0.318. The van der Waals surface area contributed by atoms with Crippen LogP contribution in [0.4, 0.5) is 5.69 Å². The second-order valence-electron chi connectivity index (χ2n) is 4.87. The number of benzene rings is 1. The number of amidine groups is 1. The fourth-order valence-corrected chi connectivity index (χ4v) is 3.75. The Hall–Kier alpha value is -0.380. The maximum absolute atomic E-state index is 6.15. The van der Waals surface area contributed by atoms with Crippen molar-refractivity contribution < 1.29 is 0 Å². The van der Waals surface area contributed by atoms with Gasteiger partial charge in [0, 0.05) is 17.3 Å². The SMILES string of the molecule is CCC1(CC)CN=C(Nc2ccc(Cl)cc2Cl)SC1. The van der Waals surface area contributed by atoms with Gasteiger partial charge in [-0.25, -0.2) is 0 Å². The minimum atomic E-state index is 0.361. The molecular weight excluding hydrogens is 299 g/mol. The van der Waals surface area contributed by atoms with Crippen LogP contribution < -0.4 is 5.32 Å². The first-order valence-corrected chi connectivity index (χ1v) is 8.22. The molecule has 0 spiro atoms. The first kappa shape index (κ1) is 15.0. The van der Waals surface area contributed by atoms with Gasteiger partial charge in [0.2, 0.25) is 0 Å². The highest BCUT2D eigenvalue weighted by molar-refractivity contribution is 8.14. The molecular formula is C14H18Cl2N2S. The Morgan fingerprint density at radius 1 is 1.32 bits per heavy atom. The predicted molar refractivity (Wildman–Crippen MR) is 87.9 cm³/mol. The van der Waals surface area contributed by atoms with Crippen LogP contribution in [-0.4, -0.2) is 17.5 Å². The van der Waals surface area contributed by atoms with Gasteiger partial charge in [0.25, 0.3) is 0 Å². The van der Waals surface area contributed by atoms with Crippen molar-refractivity contribution in [2.45, 2.75) is 26.7 Å². The van der Waals surface area contributed by atoms with E-state index < -0.39 is 0 Å². The number of anilines is 1. The van der Waals surface area contributed by atoms with E-state index in [0.29, 0.717) is 15.5 Å². The molecule has 0 saturated carbocycles. The number of hydrogen-bond donors (Lipinski definition) is 1. The molecule has 1 aliphatic heterocycles. The molecule has 1 aliphatic rings. The molecule has 0 radical (unpaired) electrons. The highest BCUT2D eigenvalue weighted by Crippen LogP contribution is 2.36. The smallest absolute Gasteiger partial charge is 0.161 e. The molecule has 2 nitrogen and oxygen atoms in total. The van der Waals surface area contributed by atoms with Crippen LogP contribution in [0.15, 0.2) is 23.2 Å². The molecule has 0 bridgehead atoms. The summed E-state index contributed by atoms with van der Waals surface area (Å²) in [6.45, 7) is 5.38. The molecule has 1 aromatic carbocycles. The van der Waals surface area contributed by atoms with E-state index in [1.54, 1.807) is 17.8 Å². The minimum absolute atomic E-state index is 0.361. The van der Waals surface area contributed by atoms with E-state index in [0.717, 1.165) is 23.2 Å². The number of hydrogen-bond acceptors (Lipinski definition) is 3. The monoisotopic (exact) mass is 316 g/mol. The molecule has 1 N–H and O–H groups in total. The van der Waals surface area contributed by atoms with Crippen molar-refractivity contribution in [1.82, 2.24) is 0 Å². The summed E-state index contributed by atoms with van der Waals surface area (Å²) in [5.41, 5.74) is 1.22. The third-order valence-corrected chi connectivity index (χ3v) is 5.55. The van der Waals surface area contributed by atoms with Crippen LogP contribution in [-0.2, 0) is 0 Å². The number of nitrogens with zero attached hydrogens (tertiary/aromatic N) is 1. The Labute approximate surface area is 129 Å². The molecule has 0 saturated heterocycles. The number of rotatable bonds is 3. The van der Waals surface area contributed by atoms with Gasteiger partial charge >= 0.3 is 0 Å². The summed E-state index contributed by atoms with van der Waals surface area (Å²) in [7, 11) is 0. The summed E-state index contributed by atoms with van der Waals surface area (Å²) in [6.07, 6.45) is 2.35. The van der Waals surface area contributed by atoms with E-state index >= 15 is 0 Å². The van der Waals surface area contributed by atoms with E-state index in [-0.39, 0.29) is 0 Å². The van der Waals surface area contributed by atoms with Gasteiger partial charge in [0.05, 0.1) is 10.7 Å². The fourth-order valence-electron chi connectivity index (χ4n) is 2.01. The third kappa shape index (κ3) is 3.59. The predicted octanol–water partition coefficient (Wildman–Crippen LogP) is 5.31. The molecule has 2 rings (SSSR count). The molecule has 0 amide bonds. The molecule has 1 aromatic rings. The van der Waals surface area contributed by atoms with E-state index in [4.69, 9.17) is 23.2 Å². The van der Waals surface area contributed by atoms with E-state index in [9.17, 15) is 0 Å². The van der Waals surface area contributed by atoms with Gasteiger partial charge in [0.1, 0.15) is 0 Å². The highest BCUT2D eigenvalue weighted by atomic mass is 35.5. The van der Waals surface area contributed by atoms with Crippen LogP contribution in [0.25, 0.3) is 0 Å². The first-order valence-electron chi connectivity index (χ1n) is 6.48. The lowest BCUT2D eigenvalue weighted by atomic mass is 9.84. The minimum Gasteiger partial charge on any atom is -0.334 e. The lowest BCUT2D eigenvalue weighted by Crippen LogP contribution is -2.32. The molecule has 5 heteroatoms. The molecule has 0 aliphatic carbocycles. The van der Waals surface area contributed by atoms with E-state index in [2.05, 4.69) is 24.2 Å². The fraction of sp³-hybridized carbons (Fsp3) is 0.500. The molecule has 0 aromatic heterocycles. The van der Waals surface area contributed by atoms with Gasteiger partial charge in [-0.1, -0.05) is 48.8 Å². The van der Waals surface area contributed by atoms with E-state index in [1.807, 2.05) is 12.1 Å². The molecule has 1 heterocycles. The van der Waals surface area contributed by atoms with Crippen molar-refractivity contribution >= 4 is 45.8 Å². The second-order valence-corrected chi connectivity index (χ2v) is 6.67. The molecule has 0 atom stereocenters. The standard InChI is InChI=1S/C14H18Cl2N2S/c1-3-14(4-2)8-17-13(19-9-14)18-12-6-5-10(15)7-11(12)16/h5-7H,3-4,8-9H2,1-2H3,(H,17,18). The third-order valence-electron chi connectivity index (χ3n) is 3.75. The van der Waals surface area contributed by atoms with Crippen LogP contribution in [0.5, 0.6) is 0 Å². The lowest BCUT2D eigenvalue weighted by Gasteiger charge is -2.33. The van der Waals surface area contributed by atoms with Gasteiger partial charge in [-0.05, 0) is 36.5 Å². The quantitative estimate of drug-likeness (QED) is 0.816. The Morgan fingerprint density at radius 3 is 2.58 bits per heavy atom. The van der Waals surface area contributed by atoms with Crippen molar-refractivity contribution in [2.75, 3.05) is 17.6 Å². The maximum atomic E-state index is 6.15. The number of thioether (sulfide) groups is 1. The number of aliphatic imine (C=N–C) groups is 1. The Bertz CT molecular complexity index is 484. The van der Waals surface area contributed by atoms with Crippen LogP contribution in [0.3, 0.4) is 0 Å². The largest absolute Gasteiger partial charge is 0.334 e. The van der Waals surface area contributed by atoms with Crippen LogP contribution in [0, 0.1) is 5.41 Å². The topological polar surface area (TPSA) is 24.4 Å². The van der Waals surface area contributed by atoms with Gasteiger partial charge in [-0.3, -0.25) is 4.99 Å².